The van der Waals surface area contributed by atoms with Gasteiger partial charge in [0.15, 0.2) is 14.4 Å². The molecule has 0 radical (unpaired) electrons. The molecule has 0 bridgehead atoms. The van der Waals surface area contributed by atoms with Crippen molar-refractivity contribution < 1.29 is 33.1 Å². The zero-order valence-corrected chi connectivity index (χ0v) is 25.8. The van der Waals surface area contributed by atoms with Gasteiger partial charge in [-0.25, -0.2) is 0 Å². The Morgan fingerprint density at radius 2 is 1.63 bits per heavy atom. The number of benzene rings is 2. The molecule has 1 atom stereocenters. The number of ether oxygens (including phenoxy) is 2. The van der Waals surface area contributed by atoms with Crippen LogP contribution in [-0.4, -0.2) is 69.3 Å². The van der Waals surface area contributed by atoms with E-state index < -0.39 is 14.4 Å². The molecular weight excluding hydrogens is 540 g/mol. The molecule has 4 rings (SSSR count). The number of rotatable bonds is 11. The predicted molar refractivity (Wildman–Crippen MR) is 158 cm³/mol. The van der Waals surface area contributed by atoms with E-state index in [4.69, 9.17) is 13.9 Å². The number of nitrogens with zero attached hydrogens (tertiary/aromatic N) is 2. The first-order valence-electron chi connectivity index (χ1n) is 14.1. The molecule has 2 aromatic carbocycles. The standard InChI is InChI=1S/C31H40N2O7Si/c1-21(34)38-19-22(20-39-41(5,6)31(2,3)4)40-27-14-9-13-26-25(27)16-18-32(26)28(35)15-10-17-33-29(36)23-11-7-8-12-24(23)30(33)37/h7-9,11-14,22H,10,15-20H2,1-6H3. The van der Waals surface area contributed by atoms with Crippen molar-refractivity contribution in [2.24, 2.45) is 0 Å². The lowest BCUT2D eigenvalue weighted by molar-refractivity contribution is -0.143. The summed E-state index contributed by atoms with van der Waals surface area (Å²) in [6, 6.07) is 12.4. The zero-order valence-electron chi connectivity index (χ0n) is 24.8. The Morgan fingerprint density at radius 1 is 0.976 bits per heavy atom. The summed E-state index contributed by atoms with van der Waals surface area (Å²) in [6.07, 6.45) is 0.706. The van der Waals surface area contributed by atoms with Crippen molar-refractivity contribution in [2.45, 2.75) is 71.2 Å². The molecule has 2 heterocycles. The first-order valence-corrected chi connectivity index (χ1v) is 17.0. The van der Waals surface area contributed by atoms with E-state index in [0.717, 1.165) is 11.3 Å². The first kappa shape index (κ1) is 30.5. The maximum absolute atomic E-state index is 13.2. The van der Waals surface area contributed by atoms with Crippen LogP contribution in [0.3, 0.4) is 0 Å². The van der Waals surface area contributed by atoms with Gasteiger partial charge in [0.1, 0.15) is 12.4 Å². The van der Waals surface area contributed by atoms with Crippen LogP contribution in [0.25, 0.3) is 0 Å². The number of hydrogen-bond acceptors (Lipinski definition) is 7. The van der Waals surface area contributed by atoms with Crippen LogP contribution in [0.15, 0.2) is 42.5 Å². The van der Waals surface area contributed by atoms with Gasteiger partial charge in [0.25, 0.3) is 11.8 Å². The van der Waals surface area contributed by atoms with Gasteiger partial charge >= 0.3 is 5.97 Å². The Morgan fingerprint density at radius 3 is 2.24 bits per heavy atom. The molecule has 0 saturated heterocycles. The molecule has 3 amide bonds. The fourth-order valence-corrected chi connectivity index (χ4v) is 5.80. The van der Waals surface area contributed by atoms with Crippen molar-refractivity contribution in [1.29, 1.82) is 0 Å². The number of carbonyl (C=O) groups is 4. The summed E-state index contributed by atoms with van der Waals surface area (Å²) in [5.41, 5.74) is 2.52. The summed E-state index contributed by atoms with van der Waals surface area (Å²) in [7, 11) is -2.06. The third-order valence-electron chi connectivity index (χ3n) is 8.14. The van der Waals surface area contributed by atoms with E-state index in [1.807, 2.05) is 18.2 Å². The normalized spacial score (nSPS) is 15.6. The second-order valence-corrected chi connectivity index (χ2v) is 16.9. The third kappa shape index (κ3) is 6.70. The van der Waals surface area contributed by atoms with Crippen LogP contribution >= 0.6 is 0 Å². The molecular formula is C31H40N2O7Si. The third-order valence-corrected chi connectivity index (χ3v) is 12.6. The Labute approximate surface area is 242 Å². The van der Waals surface area contributed by atoms with Crippen LogP contribution in [-0.2, 0) is 25.2 Å². The number of fused-ring (bicyclic) bond motifs is 2. The molecule has 0 N–H and O–H groups in total. The van der Waals surface area contributed by atoms with Crippen LogP contribution in [0.4, 0.5) is 5.69 Å². The molecule has 1 unspecified atom stereocenters. The van der Waals surface area contributed by atoms with Crippen LogP contribution in [0.1, 0.15) is 66.8 Å². The van der Waals surface area contributed by atoms with E-state index in [-0.39, 0.29) is 54.9 Å². The van der Waals surface area contributed by atoms with Crippen LogP contribution in [0.2, 0.25) is 18.1 Å². The summed E-state index contributed by atoms with van der Waals surface area (Å²) < 4.78 is 18.0. The Bertz CT molecular complexity index is 1300. The maximum atomic E-state index is 13.2. The molecule has 2 aliphatic heterocycles. The molecule has 41 heavy (non-hydrogen) atoms. The van der Waals surface area contributed by atoms with Crippen LogP contribution in [0.5, 0.6) is 5.75 Å². The predicted octanol–water partition coefficient (Wildman–Crippen LogP) is 4.98. The van der Waals surface area contributed by atoms with E-state index in [0.29, 0.717) is 36.3 Å². The number of anilines is 1. The average Bonchev–Trinajstić information content (AvgIpc) is 3.45. The summed E-state index contributed by atoms with van der Waals surface area (Å²) in [4.78, 5) is 52.9. The fourth-order valence-electron chi connectivity index (χ4n) is 4.76. The largest absolute Gasteiger partial charge is 0.484 e. The molecule has 0 saturated carbocycles. The Balaban J connectivity index is 1.39. The smallest absolute Gasteiger partial charge is 0.302 e. The molecule has 0 fully saturated rings. The van der Waals surface area contributed by atoms with E-state index in [2.05, 4.69) is 33.9 Å². The molecule has 0 aromatic heterocycles. The topological polar surface area (TPSA) is 102 Å². The number of carbonyl (C=O) groups excluding carboxylic acids is 4. The fraction of sp³-hybridized carbons (Fsp3) is 0.484. The maximum Gasteiger partial charge on any atom is 0.302 e. The highest BCUT2D eigenvalue weighted by Crippen LogP contribution is 2.38. The average molecular weight is 581 g/mol. The summed E-state index contributed by atoms with van der Waals surface area (Å²) in [6.45, 7) is 13.2. The van der Waals surface area contributed by atoms with E-state index in [1.165, 1.54) is 11.8 Å². The van der Waals surface area contributed by atoms with Gasteiger partial charge in [-0.05, 0) is 55.2 Å². The van der Waals surface area contributed by atoms with Gasteiger partial charge in [-0.2, -0.15) is 0 Å². The Kier molecular flexibility index (Phi) is 9.03. The highest BCUT2D eigenvalue weighted by atomic mass is 28.4. The van der Waals surface area contributed by atoms with Crippen molar-refractivity contribution in [3.8, 4) is 5.75 Å². The van der Waals surface area contributed by atoms with Gasteiger partial charge in [0.2, 0.25) is 5.91 Å². The molecule has 220 valence electrons. The van der Waals surface area contributed by atoms with Gasteiger partial charge in [-0.3, -0.25) is 24.1 Å². The van der Waals surface area contributed by atoms with Crippen molar-refractivity contribution in [2.75, 3.05) is 31.2 Å². The SMILES string of the molecule is CC(=O)OCC(CO[Si](C)(C)C(C)(C)C)Oc1cccc2c1CCN2C(=O)CCCN1C(=O)c2ccccc2C1=O. The van der Waals surface area contributed by atoms with E-state index >= 15 is 0 Å². The molecule has 2 aromatic rings. The summed E-state index contributed by atoms with van der Waals surface area (Å²) in [5.74, 6) is -0.448. The van der Waals surface area contributed by atoms with Crippen molar-refractivity contribution in [1.82, 2.24) is 4.90 Å². The lowest BCUT2D eigenvalue weighted by atomic mass is 10.1. The summed E-state index contributed by atoms with van der Waals surface area (Å²) >= 11 is 0. The minimum atomic E-state index is -2.06. The van der Waals surface area contributed by atoms with E-state index in [9.17, 15) is 19.2 Å². The number of hydrogen-bond donors (Lipinski definition) is 0. The minimum absolute atomic E-state index is 0.0210. The van der Waals surface area contributed by atoms with Crippen LogP contribution in [0, 0.1) is 0 Å². The zero-order chi connectivity index (χ0) is 29.9. The van der Waals surface area contributed by atoms with Crippen LogP contribution < -0.4 is 9.64 Å². The highest BCUT2D eigenvalue weighted by Gasteiger charge is 2.38. The van der Waals surface area contributed by atoms with Gasteiger partial charge in [0.05, 0.1) is 23.4 Å². The summed E-state index contributed by atoms with van der Waals surface area (Å²) in [5, 5.41) is 0.0210. The number of imide groups is 1. The van der Waals surface area contributed by atoms with Gasteiger partial charge in [-0.15, -0.1) is 0 Å². The molecule has 10 heteroatoms. The highest BCUT2D eigenvalue weighted by molar-refractivity contribution is 6.74. The van der Waals surface area contributed by atoms with E-state index in [1.54, 1.807) is 29.2 Å². The molecule has 0 aliphatic carbocycles. The lowest BCUT2D eigenvalue weighted by Crippen LogP contribution is -2.44. The lowest BCUT2D eigenvalue weighted by Gasteiger charge is -2.37. The number of esters is 1. The van der Waals surface area contributed by atoms with Crippen molar-refractivity contribution in [3.05, 3.63) is 59.2 Å². The minimum Gasteiger partial charge on any atom is -0.484 e. The number of amides is 3. The second-order valence-electron chi connectivity index (χ2n) is 12.1. The van der Waals surface area contributed by atoms with Gasteiger partial charge in [-0.1, -0.05) is 39.0 Å². The Hall–Kier alpha value is -3.50. The molecule has 0 spiro atoms. The van der Waals surface area contributed by atoms with Gasteiger partial charge in [0, 0.05) is 32.0 Å². The molecule has 2 aliphatic rings. The van der Waals surface area contributed by atoms with Gasteiger partial charge < -0.3 is 18.8 Å². The quantitative estimate of drug-likeness (QED) is 0.210. The second kappa shape index (κ2) is 12.2. The molecule has 9 nitrogen and oxygen atoms in total. The van der Waals surface area contributed by atoms with Crippen molar-refractivity contribution >= 4 is 37.7 Å². The first-order chi connectivity index (χ1) is 19.3. The monoisotopic (exact) mass is 580 g/mol. The van der Waals surface area contributed by atoms with Crippen molar-refractivity contribution in [3.63, 3.8) is 0 Å².